The van der Waals surface area contributed by atoms with E-state index in [-0.39, 0.29) is 28.2 Å². The van der Waals surface area contributed by atoms with Crippen molar-refractivity contribution in [1.29, 1.82) is 0 Å². The van der Waals surface area contributed by atoms with Gasteiger partial charge in [-0.25, -0.2) is 4.98 Å². The van der Waals surface area contributed by atoms with Crippen molar-refractivity contribution in [2.75, 3.05) is 6.61 Å². The first-order chi connectivity index (χ1) is 9.26. The van der Waals surface area contributed by atoms with Crippen LogP contribution in [0.25, 0.3) is 0 Å². The number of rotatable bonds is 5. The van der Waals surface area contributed by atoms with E-state index in [9.17, 15) is 18.0 Å². The minimum atomic E-state index is -4.90. The number of ether oxygens (including phenoxy) is 2. The smallest absolute Gasteiger partial charge is 0.466 e. The van der Waals surface area contributed by atoms with E-state index in [0.717, 1.165) is 0 Å². The van der Waals surface area contributed by atoms with Gasteiger partial charge in [0, 0.05) is 11.4 Å². The van der Waals surface area contributed by atoms with E-state index in [1.54, 1.807) is 29.5 Å². The van der Waals surface area contributed by atoms with Crippen molar-refractivity contribution in [3.8, 4) is 5.88 Å². The molecule has 0 unspecified atom stereocenters. The first kappa shape index (κ1) is 17.3. The van der Waals surface area contributed by atoms with Crippen LogP contribution in [0.2, 0.25) is 0 Å². The second kappa shape index (κ2) is 7.30. The quantitative estimate of drug-likeness (QED) is 0.315. The Morgan fingerprint density at radius 3 is 2.65 bits per heavy atom. The largest absolute Gasteiger partial charge is 0.574 e. The molecule has 0 fully saturated rings. The molecule has 0 radical (unpaired) electrons. The normalized spacial score (nSPS) is 11.3. The molecule has 9 heteroatoms. The molecule has 20 heavy (non-hydrogen) atoms. The predicted molar refractivity (Wildman–Crippen MR) is 73.5 cm³/mol. The lowest BCUT2D eigenvalue weighted by Gasteiger charge is -2.15. The summed E-state index contributed by atoms with van der Waals surface area (Å²) in [5.41, 5.74) is 0.328. The number of aromatic nitrogens is 1. The molecular weight excluding hydrogens is 413 g/mol. The Kier molecular flexibility index (Phi) is 6.31. The molecule has 0 N–H and O–H groups in total. The highest BCUT2D eigenvalue weighted by atomic mass is 127. The molecule has 0 aliphatic heterocycles. The van der Waals surface area contributed by atoms with E-state index >= 15 is 0 Å². The summed E-state index contributed by atoms with van der Waals surface area (Å²) < 4.78 is 45.9. The molecule has 0 aliphatic carbocycles. The summed E-state index contributed by atoms with van der Waals surface area (Å²) in [6.07, 6.45) is -5.28. The number of carbonyl (C=O) groups excluding carboxylic acids is 1. The van der Waals surface area contributed by atoms with Crippen molar-refractivity contribution in [1.82, 2.24) is 4.98 Å². The fourth-order valence-corrected chi connectivity index (χ4v) is 2.26. The van der Waals surface area contributed by atoms with Crippen LogP contribution in [-0.2, 0) is 21.8 Å². The van der Waals surface area contributed by atoms with Gasteiger partial charge < -0.3 is 9.47 Å². The van der Waals surface area contributed by atoms with Crippen molar-refractivity contribution in [3.63, 3.8) is 0 Å². The van der Waals surface area contributed by atoms with Gasteiger partial charge in [0.1, 0.15) is 3.70 Å². The molecular formula is C11H10ClF3INO3. The van der Waals surface area contributed by atoms with Gasteiger partial charge >= 0.3 is 12.3 Å². The highest BCUT2D eigenvalue weighted by molar-refractivity contribution is 14.1. The van der Waals surface area contributed by atoms with E-state index in [1.807, 2.05) is 0 Å². The van der Waals surface area contributed by atoms with E-state index in [0.29, 0.717) is 5.56 Å². The number of nitrogens with zero attached hydrogens (tertiary/aromatic N) is 1. The maximum atomic E-state index is 12.4. The number of hydrogen-bond donors (Lipinski definition) is 0. The molecule has 0 spiro atoms. The summed E-state index contributed by atoms with van der Waals surface area (Å²) in [7, 11) is 0. The first-order valence-corrected chi connectivity index (χ1v) is 7.03. The molecule has 1 heterocycles. The van der Waals surface area contributed by atoms with Crippen LogP contribution in [0, 0.1) is 3.70 Å². The van der Waals surface area contributed by atoms with Crippen molar-refractivity contribution in [2.45, 2.75) is 25.6 Å². The Bertz CT molecular complexity index is 497. The van der Waals surface area contributed by atoms with Crippen LogP contribution in [0.5, 0.6) is 5.88 Å². The second-order valence-corrected chi connectivity index (χ2v) is 4.92. The summed E-state index contributed by atoms with van der Waals surface area (Å²) in [5, 5.41) is 0. The summed E-state index contributed by atoms with van der Waals surface area (Å²) in [6, 6.07) is 1.49. The van der Waals surface area contributed by atoms with Gasteiger partial charge in [-0.15, -0.1) is 24.8 Å². The summed E-state index contributed by atoms with van der Waals surface area (Å²) >= 11 is 7.43. The van der Waals surface area contributed by atoms with Gasteiger partial charge in [0.05, 0.1) is 13.0 Å². The number of alkyl halides is 4. The van der Waals surface area contributed by atoms with Gasteiger partial charge in [0.25, 0.3) is 0 Å². The molecule has 1 aromatic rings. The Hall–Kier alpha value is -0.770. The van der Waals surface area contributed by atoms with Crippen LogP contribution in [-0.4, -0.2) is 23.9 Å². The maximum absolute atomic E-state index is 12.4. The van der Waals surface area contributed by atoms with Crippen LogP contribution >= 0.6 is 34.2 Å². The predicted octanol–water partition coefficient (Wildman–Crippen LogP) is 3.43. The van der Waals surface area contributed by atoms with E-state index in [1.165, 1.54) is 6.07 Å². The Morgan fingerprint density at radius 2 is 2.15 bits per heavy atom. The summed E-state index contributed by atoms with van der Waals surface area (Å²) in [6.45, 7) is 1.72. The third-order valence-electron chi connectivity index (χ3n) is 2.13. The lowest BCUT2D eigenvalue weighted by atomic mass is 10.1. The Morgan fingerprint density at radius 1 is 1.50 bits per heavy atom. The Balaban J connectivity index is 3.18. The number of carbonyl (C=O) groups is 1. The van der Waals surface area contributed by atoms with Crippen molar-refractivity contribution in [3.05, 3.63) is 20.9 Å². The fraction of sp³-hybridized carbons (Fsp3) is 0.455. The maximum Gasteiger partial charge on any atom is 0.574 e. The highest BCUT2D eigenvalue weighted by Gasteiger charge is 2.34. The van der Waals surface area contributed by atoms with Crippen LogP contribution in [0.1, 0.15) is 18.1 Å². The fourth-order valence-electron chi connectivity index (χ4n) is 1.42. The molecule has 1 rings (SSSR count). The SMILES string of the molecule is CCOC(=O)Cc1c(CCl)cc(I)nc1OC(F)(F)F. The number of halogens is 5. The van der Waals surface area contributed by atoms with E-state index < -0.39 is 18.2 Å². The summed E-state index contributed by atoms with van der Waals surface area (Å²) in [4.78, 5) is 15.1. The van der Waals surface area contributed by atoms with Gasteiger partial charge in [-0.3, -0.25) is 4.79 Å². The number of pyridine rings is 1. The van der Waals surface area contributed by atoms with Crippen LogP contribution in [0.15, 0.2) is 6.07 Å². The zero-order valence-corrected chi connectivity index (χ0v) is 13.2. The summed E-state index contributed by atoms with van der Waals surface area (Å²) in [5.74, 6) is -1.41. The average molecular weight is 424 g/mol. The molecule has 0 bridgehead atoms. The van der Waals surface area contributed by atoms with E-state index in [2.05, 4.69) is 9.72 Å². The zero-order valence-electron chi connectivity index (χ0n) is 10.3. The van der Waals surface area contributed by atoms with E-state index in [4.69, 9.17) is 16.3 Å². The molecule has 0 atom stereocenters. The zero-order chi connectivity index (χ0) is 15.3. The molecule has 0 saturated heterocycles. The standard InChI is InChI=1S/C11H10ClF3INO3/c1-2-19-9(18)4-7-6(5-12)3-8(16)17-10(7)20-11(13,14)15/h3H,2,4-5H2,1H3. The third-order valence-corrected chi connectivity index (χ3v) is 2.97. The van der Waals surface area contributed by atoms with Crippen LogP contribution < -0.4 is 4.74 Å². The molecule has 0 aromatic carbocycles. The monoisotopic (exact) mass is 423 g/mol. The first-order valence-electron chi connectivity index (χ1n) is 5.42. The van der Waals surface area contributed by atoms with Crippen molar-refractivity contribution >= 4 is 40.2 Å². The Labute approximate surface area is 131 Å². The van der Waals surface area contributed by atoms with Gasteiger partial charge in [0.2, 0.25) is 5.88 Å². The molecule has 0 amide bonds. The molecule has 4 nitrogen and oxygen atoms in total. The highest BCUT2D eigenvalue weighted by Crippen LogP contribution is 2.29. The van der Waals surface area contributed by atoms with Crippen LogP contribution in [0.3, 0.4) is 0 Å². The number of hydrogen-bond acceptors (Lipinski definition) is 4. The number of esters is 1. The third kappa shape index (κ3) is 5.31. The molecule has 112 valence electrons. The molecule has 0 aliphatic rings. The van der Waals surface area contributed by atoms with Gasteiger partial charge in [-0.05, 0) is 41.1 Å². The van der Waals surface area contributed by atoms with Gasteiger partial charge in [0.15, 0.2) is 0 Å². The minimum absolute atomic E-state index is 0.0174. The second-order valence-electron chi connectivity index (χ2n) is 3.55. The van der Waals surface area contributed by atoms with Crippen molar-refractivity contribution < 1.29 is 27.4 Å². The van der Waals surface area contributed by atoms with Crippen molar-refractivity contribution in [2.24, 2.45) is 0 Å². The van der Waals surface area contributed by atoms with Gasteiger partial charge in [-0.2, -0.15) is 0 Å². The average Bonchev–Trinajstić information content (AvgIpc) is 2.30. The van der Waals surface area contributed by atoms with Gasteiger partial charge in [-0.1, -0.05) is 0 Å². The molecule has 1 aromatic heterocycles. The minimum Gasteiger partial charge on any atom is -0.466 e. The lowest BCUT2D eigenvalue weighted by molar-refractivity contribution is -0.276. The lowest BCUT2D eigenvalue weighted by Crippen LogP contribution is -2.21. The van der Waals surface area contributed by atoms with Crippen LogP contribution in [0.4, 0.5) is 13.2 Å². The topological polar surface area (TPSA) is 48.4 Å². The molecule has 0 saturated carbocycles.